The first-order valence-corrected chi connectivity index (χ1v) is 5.89. The van der Waals surface area contributed by atoms with Crippen molar-refractivity contribution in [3.8, 4) is 0 Å². The second kappa shape index (κ2) is 5.47. The monoisotopic (exact) mass is 257 g/mol. The summed E-state index contributed by atoms with van der Waals surface area (Å²) in [5, 5.41) is 3.06. The number of ether oxygens (including phenoxy) is 1. The van der Waals surface area contributed by atoms with Crippen molar-refractivity contribution in [2.75, 3.05) is 6.54 Å². The molecule has 1 N–H and O–H groups in total. The van der Waals surface area contributed by atoms with Crippen molar-refractivity contribution in [2.45, 2.75) is 25.5 Å². The van der Waals surface area contributed by atoms with Gasteiger partial charge in [-0.25, -0.2) is 4.39 Å². The molecule has 5 heteroatoms. The molecule has 1 aliphatic rings. The lowest BCUT2D eigenvalue weighted by molar-refractivity contribution is -0.147. The molecule has 1 aromatic rings. The van der Waals surface area contributed by atoms with Gasteiger partial charge in [0.15, 0.2) is 0 Å². The van der Waals surface area contributed by atoms with Crippen molar-refractivity contribution < 1.29 is 13.9 Å². The molecule has 0 amide bonds. The van der Waals surface area contributed by atoms with E-state index in [1.54, 1.807) is 12.1 Å². The summed E-state index contributed by atoms with van der Waals surface area (Å²) in [5.74, 6) is -0.858. The third kappa shape index (κ3) is 2.96. The second-order valence-electron chi connectivity index (χ2n) is 3.97. The van der Waals surface area contributed by atoms with Gasteiger partial charge < -0.3 is 10.1 Å². The van der Waals surface area contributed by atoms with Crippen LogP contribution in [0.1, 0.15) is 18.4 Å². The van der Waals surface area contributed by atoms with E-state index < -0.39 is 5.82 Å². The molecule has 1 aliphatic heterocycles. The van der Waals surface area contributed by atoms with E-state index in [2.05, 4.69) is 5.32 Å². The summed E-state index contributed by atoms with van der Waals surface area (Å²) in [7, 11) is 0. The molecule has 0 aliphatic carbocycles. The van der Waals surface area contributed by atoms with Crippen LogP contribution in [0.2, 0.25) is 5.02 Å². The maximum absolute atomic E-state index is 13.5. The number of hydrogen-bond acceptors (Lipinski definition) is 3. The molecule has 1 heterocycles. The quantitative estimate of drug-likeness (QED) is 0.845. The summed E-state index contributed by atoms with van der Waals surface area (Å²) < 4.78 is 18.5. The Morgan fingerprint density at radius 2 is 2.41 bits per heavy atom. The van der Waals surface area contributed by atoms with Crippen molar-refractivity contribution >= 4 is 17.6 Å². The molecular formula is C12H13ClFNO2. The van der Waals surface area contributed by atoms with Crippen molar-refractivity contribution in [1.82, 2.24) is 5.32 Å². The Bertz CT molecular complexity index is 419. The average molecular weight is 258 g/mol. The van der Waals surface area contributed by atoms with Crippen LogP contribution in [0.25, 0.3) is 0 Å². The SMILES string of the molecule is O=C(OCc1cccc(Cl)c1F)C1CCCN1. The van der Waals surface area contributed by atoms with Crippen molar-refractivity contribution in [3.63, 3.8) is 0 Å². The Labute approximate surface area is 104 Å². The van der Waals surface area contributed by atoms with Gasteiger partial charge in [-0.2, -0.15) is 0 Å². The Balaban J connectivity index is 1.93. The molecule has 1 saturated heterocycles. The summed E-state index contributed by atoms with van der Waals surface area (Å²) in [6.45, 7) is 0.745. The average Bonchev–Trinajstić information content (AvgIpc) is 2.84. The van der Waals surface area contributed by atoms with Gasteiger partial charge in [-0.3, -0.25) is 4.79 Å². The minimum atomic E-state index is -0.527. The van der Waals surface area contributed by atoms with Crippen LogP contribution in [0, 0.1) is 5.82 Å². The zero-order valence-corrected chi connectivity index (χ0v) is 9.97. The Hall–Kier alpha value is -1.13. The third-order valence-electron chi connectivity index (χ3n) is 2.75. The number of nitrogens with one attached hydrogen (secondary N) is 1. The number of hydrogen-bond donors (Lipinski definition) is 1. The minimum absolute atomic E-state index is 0.0394. The fraction of sp³-hybridized carbons (Fsp3) is 0.417. The van der Waals surface area contributed by atoms with E-state index in [0.717, 1.165) is 19.4 Å². The zero-order valence-electron chi connectivity index (χ0n) is 9.21. The van der Waals surface area contributed by atoms with Gasteiger partial charge in [-0.15, -0.1) is 0 Å². The highest BCUT2D eigenvalue weighted by molar-refractivity contribution is 6.30. The van der Waals surface area contributed by atoms with E-state index in [1.807, 2.05) is 0 Å². The molecule has 1 fully saturated rings. The largest absolute Gasteiger partial charge is 0.460 e. The molecule has 1 atom stereocenters. The predicted octanol–water partition coefficient (Wildman–Crippen LogP) is 2.27. The van der Waals surface area contributed by atoms with Gasteiger partial charge in [-0.05, 0) is 25.5 Å². The van der Waals surface area contributed by atoms with Gasteiger partial charge in [0.2, 0.25) is 0 Å². The van der Waals surface area contributed by atoms with E-state index in [-0.39, 0.29) is 23.6 Å². The van der Waals surface area contributed by atoms with Crippen molar-refractivity contribution in [1.29, 1.82) is 0 Å². The lowest BCUT2D eigenvalue weighted by Crippen LogP contribution is -2.32. The van der Waals surface area contributed by atoms with Gasteiger partial charge in [0, 0.05) is 5.56 Å². The van der Waals surface area contributed by atoms with Gasteiger partial charge in [0.1, 0.15) is 18.5 Å². The van der Waals surface area contributed by atoms with Crippen LogP contribution in [0.5, 0.6) is 0 Å². The summed E-state index contributed by atoms with van der Waals surface area (Å²) in [6, 6.07) is 4.39. The van der Waals surface area contributed by atoms with Gasteiger partial charge in [-0.1, -0.05) is 23.7 Å². The zero-order chi connectivity index (χ0) is 12.3. The molecule has 0 radical (unpaired) electrons. The number of halogens is 2. The number of carbonyl (C=O) groups excluding carboxylic acids is 1. The van der Waals surface area contributed by atoms with Crippen LogP contribution >= 0.6 is 11.6 Å². The summed E-state index contributed by atoms with van der Waals surface area (Å²) in [4.78, 5) is 11.6. The van der Waals surface area contributed by atoms with Crippen LogP contribution in [0.15, 0.2) is 18.2 Å². The molecule has 1 unspecified atom stereocenters. The van der Waals surface area contributed by atoms with Gasteiger partial charge in [0.25, 0.3) is 0 Å². The molecule has 0 saturated carbocycles. The Kier molecular flexibility index (Phi) is 3.97. The molecule has 0 aromatic heterocycles. The maximum atomic E-state index is 13.5. The van der Waals surface area contributed by atoms with E-state index in [0.29, 0.717) is 5.56 Å². The topological polar surface area (TPSA) is 38.3 Å². The summed E-state index contributed by atoms with van der Waals surface area (Å²) in [6.07, 6.45) is 1.74. The van der Waals surface area contributed by atoms with Crippen LogP contribution < -0.4 is 5.32 Å². The number of esters is 1. The molecule has 92 valence electrons. The lowest BCUT2D eigenvalue weighted by Gasteiger charge is -2.11. The van der Waals surface area contributed by atoms with Crippen molar-refractivity contribution in [2.24, 2.45) is 0 Å². The summed E-state index contributed by atoms with van der Waals surface area (Å²) >= 11 is 5.63. The van der Waals surface area contributed by atoms with Crippen molar-refractivity contribution in [3.05, 3.63) is 34.6 Å². The van der Waals surface area contributed by atoms with Gasteiger partial charge in [0.05, 0.1) is 5.02 Å². The van der Waals surface area contributed by atoms with Crippen LogP contribution in [-0.4, -0.2) is 18.6 Å². The third-order valence-corrected chi connectivity index (χ3v) is 3.04. The van der Waals surface area contributed by atoms with Gasteiger partial charge >= 0.3 is 5.97 Å². The molecule has 3 nitrogen and oxygen atoms in total. The first-order chi connectivity index (χ1) is 8.18. The fourth-order valence-corrected chi connectivity index (χ4v) is 1.99. The molecular weight excluding hydrogens is 245 g/mol. The number of benzene rings is 1. The molecule has 2 rings (SSSR count). The first-order valence-electron chi connectivity index (χ1n) is 5.51. The lowest BCUT2D eigenvalue weighted by atomic mass is 10.2. The minimum Gasteiger partial charge on any atom is -0.460 e. The van der Waals surface area contributed by atoms with E-state index >= 15 is 0 Å². The Morgan fingerprint density at radius 1 is 1.59 bits per heavy atom. The van der Waals surface area contributed by atoms with Crippen LogP contribution in [0.4, 0.5) is 4.39 Å². The normalized spacial score (nSPS) is 19.3. The van der Waals surface area contributed by atoms with E-state index in [4.69, 9.17) is 16.3 Å². The number of rotatable bonds is 3. The maximum Gasteiger partial charge on any atom is 0.323 e. The number of carbonyl (C=O) groups is 1. The molecule has 17 heavy (non-hydrogen) atoms. The smallest absolute Gasteiger partial charge is 0.323 e. The second-order valence-corrected chi connectivity index (χ2v) is 4.38. The standard InChI is InChI=1S/C12H13ClFNO2/c13-9-4-1-3-8(11(9)14)7-17-12(16)10-5-2-6-15-10/h1,3-4,10,15H,2,5-7H2. The van der Waals surface area contributed by atoms with E-state index in [9.17, 15) is 9.18 Å². The molecule has 0 bridgehead atoms. The van der Waals surface area contributed by atoms with Crippen LogP contribution in [0.3, 0.4) is 0 Å². The predicted molar refractivity (Wildman–Crippen MR) is 62.2 cm³/mol. The van der Waals surface area contributed by atoms with Crippen LogP contribution in [-0.2, 0) is 16.1 Å². The Morgan fingerprint density at radius 3 is 3.12 bits per heavy atom. The highest BCUT2D eigenvalue weighted by atomic mass is 35.5. The van der Waals surface area contributed by atoms with E-state index in [1.165, 1.54) is 6.07 Å². The molecule has 1 aromatic carbocycles. The molecule has 0 spiro atoms. The summed E-state index contributed by atoms with van der Waals surface area (Å²) in [5.41, 5.74) is 0.295. The highest BCUT2D eigenvalue weighted by Crippen LogP contribution is 2.19. The first kappa shape index (κ1) is 12.3. The fourth-order valence-electron chi connectivity index (χ4n) is 1.80. The highest BCUT2D eigenvalue weighted by Gasteiger charge is 2.23.